The summed E-state index contributed by atoms with van der Waals surface area (Å²) < 4.78 is 2.94. The van der Waals surface area contributed by atoms with Crippen LogP contribution >= 0.6 is 0 Å². The summed E-state index contributed by atoms with van der Waals surface area (Å²) in [7, 11) is 1.71. The minimum Gasteiger partial charge on any atom is -0.310 e. The number of rotatable bonds is 5. The molecule has 3 rings (SSSR count). The Morgan fingerprint density at radius 3 is 2.96 bits per heavy atom. The second kappa shape index (κ2) is 6.26. The molecule has 3 aromatic rings. The molecule has 3 aromatic heterocycles. The zero-order chi connectivity index (χ0) is 17.3. The summed E-state index contributed by atoms with van der Waals surface area (Å²) in [5.74, 6) is 0.607. The number of hydrogen-bond acceptors (Lipinski definition) is 5. The van der Waals surface area contributed by atoms with Crippen LogP contribution in [0.15, 0.2) is 17.1 Å². The van der Waals surface area contributed by atoms with E-state index < -0.39 is 0 Å². The number of amides is 1. The van der Waals surface area contributed by atoms with Gasteiger partial charge in [-0.15, -0.1) is 0 Å². The van der Waals surface area contributed by atoms with E-state index >= 15 is 0 Å². The molecule has 2 N–H and O–H groups in total. The van der Waals surface area contributed by atoms with E-state index in [0.717, 1.165) is 12.8 Å². The molecule has 0 saturated heterocycles. The number of anilines is 1. The minimum atomic E-state index is -0.306. The van der Waals surface area contributed by atoms with Crippen molar-refractivity contribution in [2.45, 2.75) is 33.1 Å². The van der Waals surface area contributed by atoms with Gasteiger partial charge in [-0.2, -0.15) is 19.9 Å². The molecule has 0 unspecified atom stereocenters. The topological polar surface area (TPSA) is 110 Å². The highest BCUT2D eigenvalue weighted by Crippen LogP contribution is 2.16. The molecule has 0 saturated carbocycles. The van der Waals surface area contributed by atoms with Gasteiger partial charge in [-0.3, -0.25) is 19.3 Å². The van der Waals surface area contributed by atoms with E-state index in [1.807, 2.05) is 6.92 Å². The Morgan fingerprint density at radius 1 is 1.42 bits per heavy atom. The molecule has 0 aromatic carbocycles. The van der Waals surface area contributed by atoms with Crippen molar-refractivity contribution in [2.24, 2.45) is 7.05 Å². The number of unbranched alkanes of at least 4 members (excludes halogenated alkanes) is 1. The standard InChI is InChI=1S/C15H19N7O2/c1-4-5-6-12(23)17-11-7-9(2)20-22(11)15-18-13-10(14(24)19-15)8-16-21(13)3/h7-8H,4-6H2,1-3H3,(H,17,23)(H,18,19,24). The van der Waals surface area contributed by atoms with Crippen molar-refractivity contribution in [3.63, 3.8) is 0 Å². The number of aryl methyl sites for hydroxylation is 2. The predicted octanol–water partition coefficient (Wildman–Crippen LogP) is 1.28. The number of nitrogens with zero attached hydrogens (tertiary/aromatic N) is 5. The quantitative estimate of drug-likeness (QED) is 0.732. The highest BCUT2D eigenvalue weighted by atomic mass is 16.1. The summed E-state index contributed by atoms with van der Waals surface area (Å²) in [5.41, 5.74) is 0.846. The van der Waals surface area contributed by atoms with Gasteiger partial charge < -0.3 is 5.32 Å². The highest BCUT2D eigenvalue weighted by molar-refractivity contribution is 5.90. The van der Waals surface area contributed by atoms with E-state index in [-0.39, 0.29) is 17.4 Å². The van der Waals surface area contributed by atoms with Gasteiger partial charge in [-0.1, -0.05) is 13.3 Å². The number of aromatic amines is 1. The van der Waals surface area contributed by atoms with Gasteiger partial charge in [-0.05, 0) is 13.3 Å². The molecule has 0 radical (unpaired) electrons. The number of H-pyrrole nitrogens is 1. The van der Waals surface area contributed by atoms with E-state index in [1.54, 1.807) is 20.0 Å². The lowest BCUT2D eigenvalue weighted by Gasteiger charge is -2.08. The van der Waals surface area contributed by atoms with Crippen molar-refractivity contribution in [3.05, 3.63) is 28.3 Å². The number of aromatic nitrogens is 6. The van der Waals surface area contributed by atoms with E-state index in [1.165, 1.54) is 15.6 Å². The molecule has 0 fully saturated rings. The van der Waals surface area contributed by atoms with Crippen LogP contribution in [0.2, 0.25) is 0 Å². The second-order valence-corrected chi connectivity index (χ2v) is 5.63. The van der Waals surface area contributed by atoms with Gasteiger partial charge in [0.2, 0.25) is 11.9 Å². The molecule has 9 heteroatoms. The fraction of sp³-hybridized carbons (Fsp3) is 0.400. The van der Waals surface area contributed by atoms with Crippen LogP contribution in [0.3, 0.4) is 0 Å². The van der Waals surface area contributed by atoms with Crippen molar-refractivity contribution < 1.29 is 4.79 Å². The van der Waals surface area contributed by atoms with Crippen LogP contribution in [0.5, 0.6) is 0 Å². The molecule has 3 heterocycles. The first kappa shape index (κ1) is 15.9. The summed E-state index contributed by atoms with van der Waals surface area (Å²) in [5, 5.41) is 11.6. The monoisotopic (exact) mass is 329 g/mol. The molecule has 0 aliphatic carbocycles. The van der Waals surface area contributed by atoms with Gasteiger partial charge in [0.15, 0.2) is 5.65 Å². The summed E-state index contributed by atoms with van der Waals surface area (Å²) in [6, 6.07) is 1.73. The predicted molar refractivity (Wildman–Crippen MR) is 89.1 cm³/mol. The maximum atomic E-state index is 12.2. The fourth-order valence-electron chi connectivity index (χ4n) is 2.41. The van der Waals surface area contributed by atoms with Crippen molar-refractivity contribution in [2.75, 3.05) is 5.32 Å². The Balaban J connectivity index is 2.02. The smallest absolute Gasteiger partial charge is 0.263 e. The van der Waals surface area contributed by atoms with E-state index in [9.17, 15) is 9.59 Å². The van der Waals surface area contributed by atoms with Gasteiger partial charge in [0.05, 0.1) is 11.9 Å². The first-order chi connectivity index (χ1) is 11.5. The minimum absolute atomic E-state index is 0.0954. The zero-order valence-electron chi connectivity index (χ0n) is 13.8. The summed E-state index contributed by atoms with van der Waals surface area (Å²) in [6.45, 7) is 3.83. The lowest BCUT2D eigenvalue weighted by molar-refractivity contribution is -0.116. The normalized spacial score (nSPS) is 11.1. The van der Waals surface area contributed by atoms with Crippen LogP contribution in [-0.4, -0.2) is 35.4 Å². The number of nitrogens with one attached hydrogen (secondary N) is 2. The second-order valence-electron chi connectivity index (χ2n) is 5.63. The molecule has 0 atom stereocenters. The first-order valence-electron chi connectivity index (χ1n) is 7.78. The van der Waals surface area contributed by atoms with Crippen LogP contribution in [0.4, 0.5) is 5.82 Å². The lowest BCUT2D eigenvalue weighted by Crippen LogP contribution is -2.18. The molecule has 126 valence electrons. The van der Waals surface area contributed by atoms with Gasteiger partial charge in [0.1, 0.15) is 11.2 Å². The summed E-state index contributed by atoms with van der Waals surface area (Å²) in [6.07, 6.45) is 3.66. The number of fused-ring (bicyclic) bond motifs is 1. The average molecular weight is 329 g/mol. The van der Waals surface area contributed by atoms with E-state index in [4.69, 9.17) is 0 Å². The van der Waals surface area contributed by atoms with Crippen LogP contribution < -0.4 is 10.9 Å². The average Bonchev–Trinajstić information content (AvgIpc) is 3.09. The maximum absolute atomic E-state index is 12.2. The van der Waals surface area contributed by atoms with Gasteiger partial charge >= 0.3 is 0 Å². The number of hydrogen-bond donors (Lipinski definition) is 2. The van der Waals surface area contributed by atoms with E-state index in [0.29, 0.717) is 29.0 Å². The molecular formula is C15H19N7O2. The molecule has 0 aliphatic heterocycles. The fourth-order valence-corrected chi connectivity index (χ4v) is 2.41. The Kier molecular flexibility index (Phi) is 4.15. The van der Waals surface area contributed by atoms with Crippen LogP contribution in [-0.2, 0) is 11.8 Å². The zero-order valence-corrected chi connectivity index (χ0v) is 13.8. The summed E-state index contributed by atoms with van der Waals surface area (Å²) in [4.78, 5) is 31.3. The molecule has 24 heavy (non-hydrogen) atoms. The van der Waals surface area contributed by atoms with Gasteiger partial charge in [-0.25, -0.2) is 0 Å². The lowest BCUT2D eigenvalue weighted by atomic mass is 10.2. The number of carbonyl (C=O) groups excluding carboxylic acids is 1. The molecule has 0 bridgehead atoms. The van der Waals surface area contributed by atoms with Crippen molar-refractivity contribution >= 4 is 22.8 Å². The molecule has 0 spiro atoms. The highest BCUT2D eigenvalue weighted by Gasteiger charge is 2.15. The summed E-state index contributed by atoms with van der Waals surface area (Å²) >= 11 is 0. The van der Waals surface area contributed by atoms with Crippen LogP contribution in [0, 0.1) is 6.92 Å². The molecule has 9 nitrogen and oxygen atoms in total. The molecule has 0 aliphatic rings. The first-order valence-corrected chi connectivity index (χ1v) is 7.78. The molecular weight excluding hydrogens is 310 g/mol. The Hall–Kier alpha value is -2.97. The Labute approximate surface area is 137 Å². The van der Waals surface area contributed by atoms with Crippen molar-refractivity contribution in [1.29, 1.82) is 0 Å². The number of carbonyl (C=O) groups is 1. The largest absolute Gasteiger partial charge is 0.310 e. The van der Waals surface area contributed by atoms with Gasteiger partial charge in [0, 0.05) is 19.5 Å². The third-order valence-electron chi connectivity index (χ3n) is 3.65. The molecule has 1 amide bonds. The maximum Gasteiger partial charge on any atom is 0.263 e. The van der Waals surface area contributed by atoms with Gasteiger partial charge in [0.25, 0.3) is 5.56 Å². The Bertz CT molecular complexity index is 951. The van der Waals surface area contributed by atoms with Crippen LogP contribution in [0.25, 0.3) is 17.0 Å². The third-order valence-corrected chi connectivity index (χ3v) is 3.65. The Morgan fingerprint density at radius 2 is 2.21 bits per heavy atom. The van der Waals surface area contributed by atoms with Crippen molar-refractivity contribution in [3.8, 4) is 5.95 Å². The SMILES string of the molecule is CCCCC(=O)Nc1cc(C)nn1-c1nc2c(cnn2C)c(=O)[nH]1. The van der Waals surface area contributed by atoms with Crippen molar-refractivity contribution in [1.82, 2.24) is 29.5 Å². The van der Waals surface area contributed by atoms with E-state index in [2.05, 4.69) is 25.5 Å². The third kappa shape index (κ3) is 2.92. The van der Waals surface area contributed by atoms with Crippen LogP contribution in [0.1, 0.15) is 31.9 Å².